The Balaban J connectivity index is 1.40. The number of likely N-dealkylation sites (tertiary alicyclic amines) is 1. The van der Waals surface area contributed by atoms with Crippen molar-refractivity contribution >= 4 is 34.8 Å². The van der Waals surface area contributed by atoms with Crippen LogP contribution in [0.15, 0.2) is 17.1 Å². The summed E-state index contributed by atoms with van der Waals surface area (Å²) in [5, 5.41) is -0.0579. The van der Waals surface area contributed by atoms with Gasteiger partial charge in [-0.2, -0.15) is 0 Å². The third-order valence-electron chi connectivity index (χ3n) is 9.07. The molecule has 3 unspecified atom stereocenters. The average molecular weight is 694 g/mol. The fourth-order valence-electron chi connectivity index (χ4n) is 6.74. The summed E-state index contributed by atoms with van der Waals surface area (Å²) in [4.78, 5) is 56.0. The highest BCUT2D eigenvalue weighted by Crippen LogP contribution is 2.45. The van der Waals surface area contributed by atoms with E-state index in [0.29, 0.717) is 38.0 Å². The summed E-state index contributed by atoms with van der Waals surface area (Å²) >= 11 is 0. The lowest BCUT2D eigenvalue weighted by atomic mass is 9.92. The second-order valence-electron chi connectivity index (χ2n) is 14.0. The minimum Gasteiger partial charge on any atom is -0.492 e. The first kappa shape index (κ1) is 36.4. The normalized spacial score (nSPS) is 19.3. The maximum Gasteiger partial charge on any atom is 0.511 e. The van der Waals surface area contributed by atoms with Crippen LogP contribution in [0.4, 0.5) is 19.7 Å². The number of anilines is 1. The highest BCUT2D eigenvalue weighted by atomic mass is 19.1. The molecule has 5 rings (SSSR count). The van der Waals surface area contributed by atoms with Crippen LogP contribution in [0.3, 0.4) is 0 Å². The summed E-state index contributed by atoms with van der Waals surface area (Å²) in [5.41, 5.74) is -1.23. The second-order valence-corrected chi connectivity index (χ2v) is 14.0. The Bertz CT molecular complexity index is 1770. The van der Waals surface area contributed by atoms with Crippen LogP contribution in [0.5, 0.6) is 5.75 Å². The summed E-state index contributed by atoms with van der Waals surface area (Å²) in [5.74, 6) is 3.18. The van der Waals surface area contributed by atoms with Gasteiger partial charge in [-0.15, -0.1) is 24.7 Å². The molecule has 3 atom stereocenters. The van der Waals surface area contributed by atoms with Gasteiger partial charge >= 0.3 is 18.2 Å². The molecule has 13 heteroatoms. The SMILES string of the molecule is C#CCC(CC#C)COC(=O)OC(C)OC(=O)c1cn(C2CC2)c2c(OC)c(N3CC4CCCN(C(=O)OC(C)(C)C)C4C3)c(F)cc2c1=O. The molecule has 0 radical (unpaired) electrons. The molecule has 3 fully saturated rings. The Morgan fingerprint density at radius 2 is 1.78 bits per heavy atom. The third kappa shape index (κ3) is 7.93. The number of terminal acetylenes is 2. The van der Waals surface area contributed by atoms with E-state index in [1.807, 2.05) is 25.7 Å². The van der Waals surface area contributed by atoms with Crippen LogP contribution in [0.1, 0.15) is 82.6 Å². The molecule has 268 valence electrons. The van der Waals surface area contributed by atoms with Gasteiger partial charge in [-0.25, -0.2) is 18.8 Å². The molecule has 1 aromatic carbocycles. The van der Waals surface area contributed by atoms with E-state index in [9.17, 15) is 19.2 Å². The van der Waals surface area contributed by atoms with Crippen molar-refractivity contribution < 1.29 is 42.5 Å². The standard InChI is InChI=1S/C37H44FN3O9/c1-8-11-23(12-9-2)21-47-36(45)49-22(3)48-34(43)27-19-41(25-14-15-25)30-26(32(27)42)17-28(38)31(33(30)46-7)39-18-24-13-10-16-40(29(24)20-39)35(44)50-37(4,5)6/h1-2,17,19,22-25,29H,10-16,18,20-21H2,3-7H3. The van der Waals surface area contributed by atoms with Gasteiger partial charge in [0.2, 0.25) is 11.7 Å². The number of rotatable bonds is 10. The molecule has 2 aromatic rings. The maximum atomic E-state index is 16.2. The minimum absolute atomic E-state index is 0.0579. The molecule has 3 aliphatic rings. The number of ether oxygens (including phenoxy) is 5. The van der Waals surface area contributed by atoms with Crippen LogP contribution in [-0.2, 0) is 18.9 Å². The van der Waals surface area contributed by atoms with Crippen molar-refractivity contribution in [3.8, 4) is 30.4 Å². The minimum atomic E-state index is -1.41. The fourth-order valence-corrected chi connectivity index (χ4v) is 6.74. The number of pyridine rings is 1. The zero-order valence-corrected chi connectivity index (χ0v) is 29.2. The van der Waals surface area contributed by atoms with E-state index >= 15 is 4.39 Å². The highest BCUT2D eigenvalue weighted by Gasteiger charge is 2.44. The zero-order chi connectivity index (χ0) is 36.3. The van der Waals surface area contributed by atoms with Crippen molar-refractivity contribution in [2.45, 2.75) is 90.2 Å². The highest BCUT2D eigenvalue weighted by molar-refractivity contribution is 5.98. The smallest absolute Gasteiger partial charge is 0.492 e. The van der Waals surface area contributed by atoms with Crippen LogP contribution >= 0.6 is 0 Å². The Hall–Kier alpha value is -4.91. The van der Waals surface area contributed by atoms with E-state index in [4.69, 9.17) is 36.5 Å². The van der Waals surface area contributed by atoms with Crippen molar-refractivity contribution in [1.29, 1.82) is 0 Å². The van der Waals surface area contributed by atoms with E-state index in [-0.39, 0.29) is 52.9 Å². The molecule has 1 aromatic heterocycles. The number of benzene rings is 1. The zero-order valence-electron chi connectivity index (χ0n) is 29.2. The quantitative estimate of drug-likeness (QED) is 0.134. The molecule has 1 amide bonds. The number of nitrogens with zero attached hydrogens (tertiary/aromatic N) is 3. The molecule has 0 N–H and O–H groups in total. The molecule has 1 aliphatic carbocycles. The lowest BCUT2D eigenvalue weighted by molar-refractivity contribution is -0.0838. The number of carbonyl (C=O) groups is 3. The summed E-state index contributed by atoms with van der Waals surface area (Å²) in [7, 11) is 1.41. The number of esters is 1. The number of piperidine rings is 1. The fraction of sp³-hybridized carbons (Fsp3) is 0.568. The van der Waals surface area contributed by atoms with E-state index in [1.165, 1.54) is 20.2 Å². The van der Waals surface area contributed by atoms with Gasteiger partial charge in [0.15, 0.2) is 11.6 Å². The maximum absolute atomic E-state index is 16.2. The summed E-state index contributed by atoms with van der Waals surface area (Å²) in [6.07, 6.45) is 12.9. The van der Waals surface area contributed by atoms with Crippen LogP contribution in [0, 0.1) is 42.3 Å². The van der Waals surface area contributed by atoms with Crippen molar-refractivity contribution in [2.24, 2.45) is 11.8 Å². The van der Waals surface area contributed by atoms with Crippen molar-refractivity contribution in [3.63, 3.8) is 0 Å². The van der Waals surface area contributed by atoms with Crippen LogP contribution in [0.25, 0.3) is 10.9 Å². The predicted octanol–water partition coefficient (Wildman–Crippen LogP) is 5.64. The van der Waals surface area contributed by atoms with Gasteiger partial charge < -0.3 is 38.1 Å². The van der Waals surface area contributed by atoms with Gasteiger partial charge in [0, 0.05) is 57.6 Å². The first-order valence-electron chi connectivity index (χ1n) is 16.9. The van der Waals surface area contributed by atoms with Crippen LogP contribution < -0.4 is 15.1 Å². The molecule has 0 spiro atoms. The number of hydrogen-bond acceptors (Lipinski definition) is 10. The van der Waals surface area contributed by atoms with Gasteiger partial charge in [-0.05, 0) is 58.4 Å². The van der Waals surface area contributed by atoms with E-state index in [0.717, 1.165) is 31.7 Å². The topological polar surface area (TPSA) is 126 Å². The van der Waals surface area contributed by atoms with Crippen molar-refractivity contribution in [1.82, 2.24) is 9.47 Å². The Morgan fingerprint density at radius 3 is 2.40 bits per heavy atom. The number of hydrogen-bond donors (Lipinski definition) is 0. The summed E-state index contributed by atoms with van der Waals surface area (Å²) in [6.45, 7) is 8.06. The number of methoxy groups -OCH3 is 1. The Morgan fingerprint density at radius 1 is 1.08 bits per heavy atom. The van der Waals surface area contributed by atoms with E-state index in [2.05, 4.69) is 11.8 Å². The third-order valence-corrected chi connectivity index (χ3v) is 9.07. The summed E-state index contributed by atoms with van der Waals surface area (Å²) in [6, 6.07) is 0.872. The number of carbonyl (C=O) groups excluding carboxylic acids is 3. The molecule has 12 nitrogen and oxygen atoms in total. The number of fused-ring (bicyclic) bond motifs is 2. The second kappa shape index (κ2) is 14.9. The largest absolute Gasteiger partial charge is 0.511 e. The predicted molar refractivity (Wildman–Crippen MR) is 182 cm³/mol. The van der Waals surface area contributed by atoms with Gasteiger partial charge in [0.05, 0.1) is 30.7 Å². The first-order valence-corrected chi connectivity index (χ1v) is 16.9. The van der Waals surface area contributed by atoms with Gasteiger partial charge in [0.1, 0.15) is 16.9 Å². The number of amides is 1. The van der Waals surface area contributed by atoms with E-state index in [1.54, 1.807) is 9.47 Å². The monoisotopic (exact) mass is 693 g/mol. The lowest BCUT2D eigenvalue weighted by Crippen LogP contribution is -2.50. The number of halogens is 1. The average Bonchev–Trinajstić information content (AvgIpc) is 3.80. The molecular formula is C37H44FN3O9. The van der Waals surface area contributed by atoms with E-state index < -0.39 is 41.4 Å². The van der Waals surface area contributed by atoms with Crippen molar-refractivity contribution in [2.75, 3.05) is 38.3 Å². The molecule has 0 bridgehead atoms. The molecule has 2 saturated heterocycles. The molecule has 3 heterocycles. The Kier molecular flexibility index (Phi) is 10.8. The molecular weight excluding hydrogens is 649 g/mol. The molecule has 1 saturated carbocycles. The summed E-state index contributed by atoms with van der Waals surface area (Å²) < 4.78 is 44.9. The number of aromatic nitrogens is 1. The van der Waals surface area contributed by atoms with Gasteiger partial charge in [-0.3, -0.25) is 4.79 Å². The van der Waals surface area contributed by atoms with Crippen LogP contribution in [-0.4, -0.2) is 79.0 Å². The van der Waals surface area contributed by atoms with Gasteiger partial charge in [-0.1, -0.05) is 0 Å². The molecule has 50 heavy (non-hydrogen) atoms. The Labute approximate surface area is 291 Å². The molecule has 2 aliphatic heterocycles. The first-order chi connectivity index (χ1) is 23.8. The van der Waals surface area contributed by atoms with Gasteiger partial charge in [0.25, 0.3) is 0 Å². The van der Waals surface area contributed by atoms with Crippen LogP contribution in [0.2, 0.25) is 0 Å². The lowest BCUT2D eigenvalue weighted by Gasteiger charge is -2.37. The van der Waals surface area contributed by atoms with Crippen molar-refractivity contribution in [3.05, 3.63) is 33.9 Å².